The summed E-state index contributed by atoms with van der Waals surface area (Å²) in [5, 5.41) is 2.76. The molecule has 0 bridgehead atoms. The Morgan fingerprint density at radius 1 is 1.19 bits per heavy atom. The fourth-order valence-electron chi connectivity index (χ4n) is 2.68. The minimum Gasteiger partial charge on any atom is -0.354 e. The first kappa shape index (κ1) is 25.4. The third kappa shape index (κ3) is 7.52. The molecule has 1 aliphatic heterocycles. The number of carbonyl (C=O) groups excluding carboxylic acids is 2. The second-order valence-electron chi connectivity index (χ2n) is 7.44. The Balaban J connectivity index is 0.00000338. The average molecular weight is 420 g/mol. The number of halogens is 2. The fourth-order valence-corrected chi connectivity index (χ4v) is 2.68. The molecule has 2 amide bonds. The third-order valence-electron chi connectivity index (χ3n) is 4.46. The number of nitrogens with two attached hydrogens (primary N) is 1. The second-order valence-corrected chi connectivity index (χ2v) is 7.44. The van der Waals surface area contributed by atoms with E-state index in [0.717, 1.165) is 18.9 Å². The maximum atomic E-state index is 12.3. The molecule has 1 atom stereocenters. The molecule has 1 aromatic rings. The van der Waals surface area contributed by atoms with Crippen molar-refractivity contribution in [3.63, 3.8) is 0 Å². The van der Waals surface area contributed by atoms with Crippen LogP contribution in [0.3, 0.4) is 0 Å². The predicted octanol–water partition coefficient (Wildman–Crippen LogP) is 1.45. The zero-order valence-electron chi connectivity index (χ0n) is 16.2. The van der Waals surface area contributed by atoms with Crippen LogP contribution in [-0.4, -0.2) is 60.5 Å². The molecule has 0 aromatic carbocycles. The summed E-state index contributed by atoms with van der Waals surface area (Å²) >= 11 is 0. The molecule has 1 aliphatic rings. The predicted molar refractivity (Wildman–Crippen MR) is 113 cm³/mol. The minimum absolute atomic E-state index is 0. The van der Waals surface area contributed by atoms with E-state index in [2.05, 4.69) is 15.2 Å². The number of hydrogen-bond acceptors (Lipinski definition) is 5. The van der Waals surface area contributed by atoms with Crippen molar-refractivity contribution in [2.75, 3.05) is 37.6 Å². The maximum absolute atomic E-state index is 12.3. The van der Waals surface area contributed by atoms with Gasteiger partial charge >= 0.3 is 0 Å². The van der Waals surface area contributed by atoms with E-state index in [9.17, 15) is 9.59 Å². The van der Waals surface area contributed by atoms with Crippen molar-refractivity contribution in [3.05, 3.63) is 24.4 Å². The van der Waals surface area contributed by atoms with Crippen molar-refractivity contribution < 1.29 is 9.59 Å². The number of pyridine rings is 1. The van der Waals surface area contributed by atoms with Gasteiger partial charge in [0.2, 0.25) is 11.8 Å². The molecule has 2 heterocycles. The first-order valence-corrected chi connectivity index (χ1v) is 8.76. The summed E-state index contributed by atoms with van der Waals surface area (Å²) < 4.78 is 0. The van der Waals surface area contributed by atoms with Gasteiger partial charge in [0, 0.05) is 45.3 Å². The monoisotopic (exact) mass is 419 g/mol. The van der Waals surface area contributed by atoms with Gasteiger partial charge in [0.1, 0.15) is 5.82 Å². The van der Waals surface area contributed by atoms with E-state index in [-0.39, 0.29) is 42.0 Å². The van der Waals surface area contributed by atoms with Crippen molar-refractivity contribution in [1.29, 1.82) is 0 Å². The molecule has 0 unspecified atom stereocenters. The number of aromatic nitrogens is 1. The number of amides is 2. The molecule has 2 rings (SSSR count). The summed E-state index contributed by atoms with van der Waals surface area (Å²) in [6, 6.07) is 5.25. The summed E-state index contributed by atoms with van der Waals surface area (Å²) in [5.74, 6) is 0.795. The molecule has 1 fully saturated rings. The van der Waals surface area contributed by atoms with E-state index >= 15 is 0 Å². The lowest BCUT2D eigenvalue weighted by atomic mass is 9.87. The number of carbonyl (C=O) groups is 2. The van der Waals surface area contributed by atoms with Crippen LogP contribution in [0.4, 0.5) is 5.82 Å². The van der Waals surface area contributed by atoms with E-state index in [1.165, 1.54) is 0 Å². The molecule has 7 nitrogen and oxygen atoms in total. The molecule has 0 spiro atoms. The first-order valence-electron chi connectivity index (χ1n) is 8.76. The Kier molecular flexibility index (Phi) is 10.7. The maximum Gasteiger partial charge on any atom is 0.237 e. The molecule has 154 valence electrons. The van der Waals surface area contributed by atoms with Crippen LogP contribution in [0.1, 0.15) is 27.2 Å². The molecule has 1 aromatic heterocycles. The number of anilines is 1. The zero-order chi connectivity index (χ0) is 18.4. The van der Waals surface area contributed by atoms with Crippen LogP contribution in [0.5, 0.6) is 0 Å². The van der Waals surface area contributed by atoms with E-state index < -0.39 is 6.04 Å². The molecule has 27 heavy (non-hydrogen) atoms. The van der Waals surface area contributed by atoms with E-state index in [1.807, 2.05) is 43.9 Å². The molecule has 0 saturated carbocycles. The van der Waals surface area contributed by atoms with Crippen LogP contribution in [0, 0.1) is 5.41 Å². The van der Waals surface area contributed by atoms with Gasteiger partial charge in [-0.1, -0.05) is 26.8 Å². The van der Waals surface area contributed by atoms with Crippen LogP contribution in [-0.2, 0) is 9.59 Å². The topological polar surface area (TPSA) is 91.6 Å². The highest BCUT2D eigenvalue weighted by molar-refractivity contribution is 5.85. The van der Waals surface area contributed by atoms with Crippen LogP contribution >= 0.6 is 24.8 Å². The Morgan fingerprint density at radius 2 is 1.81 bits per heavy atom. The summed E-state index contributed by atoms with van der Waals surface area (Å²) in [5.41, 5.74) is 5.61. The third-order valence-corrected chi connectivity index (χ3v) is 4.46. The number of rotatable bonds is 5. The fraction of sp³-hybridized carbons (Fsp3) is 0.611. The highest BCUT2D eigenvalue weighted by Gasteiger charge is 2.27. The van der Waals surface area contributed by atoms with Gasteiger partial charge in [-0.15, -0.1) is 24.8 Å². The van der Waals surface area contributed by atoms with Crippen LogP contribution in [0.15, 0.2) is 24.4 Å². The van der Waals surface area contributed by atoms with Crippen molar-refractivity contribution >= 4 is 42.4 Å². The molecule has 0 radical (unpaired) electrons. The van der Waals surface area contributed by atoms with Gasteiger partial charge in [-0.3, -0.25) is 9.59 Å². The second kappa shape index (κ2) is 11.3. The Labute approximate surface area is 173 Å². The average Bonchev–Trinajstić information content (AvgIpc) is 2.61. The largest absolute Gasteiger partial charge is 0.354 e. The Morgan fingerprint density at radius 3 is 2.33 bits per heavy atom. The van der Waals surface area contributed by atoms with Crippen molar-refractivity contribution in [3.8, 4) is 0 Å². The van der Waals surface area contributed by atoms with E-state index in [4.69, 9.17) is 5.73 Å². The standard InChI is InChI=1S/C18H29N5O2.2ClH/c1-18(2,3)16(19)17(25)21-9-7-15(24)23-12-10-22(11-13-23)14-6-4-5-8-20-14;;/h4-6,8,16H,7,9-13,19H2,1-3H3,(H,21,25);2*1H/t16-;;/m1../s1. The van der Waals surface area contributed by atoms with Gasteiger partial charge in [0.05, 0.1) is 6.04 Å². The van der Waals surface area contributed by atoms with Crippen LogP contribution < -0.4 is 16.0 Å². The number of nitrogens with one attached hydrogen (secondary N) is 1. The molecule has 0 aliphatic carbocycles. The number of nitrogens with zero attached hydrogens (tertiary/aromatic N) is 3. The zero-order valence-corrected chi connectivity index (χ0v) is 17.8. The Hall–Kier alpha value is -1.57. The van der Waals surface area contributed by atoms with Gasteiger partial charge in [-0.2, -0.15) is 0 Å². The molecular formula is C18H31Cl2N5O2. The van der Waals surface area contributed by atoms with Crippen molar-refractivity contribution in [2.24, 2.45) is 11.1 Å². The normalized spacial score (nSPS) is 15.3. The smallest absolute Gasteiger partial charge is 0.237 e. The molecule has 3 N–H and O–H groups in total. The quantitative estimate of drug-likeness (QED) is 0.753. The SMILES string of the molecule is CC(C)(C)[C@H](N)C(=O)NCCC(=O)N1CCN(c2ccccn2)CC1.Cl.Cl. The van der Waals surface area contributed by atoms with Gasteiger partial charge in [-0.05, 0) is 17.5 Å². The van der Waals surface area contributed by atoms with Gasteiger partial charge < -0.3 is 20.9 Å². The van der Waals surface area contributed by atoms with Gasteiger partial charge in [-0.25, -0.2) is 4.98 Å². The van der Waals surface area contributed by atoms with Crippen molar-refractivity contribution in [2.45, 2.75) is 33.2 Å². The number of hydrogen-bond donors (Lipinski definition) is 2. The molecule has 1 saturated heterocycles. The highest BCUT2D eigenvalue weighted by atomic mass is 35.5. The summed E-state index contributed by atoms with van der Waals surface area (Å²) in [4.78, 5) is 32.6. The molecule has 9 heteroatoms. The minimum atomic E-state index is -0.579. The van der Waals surface area contributed by atoms with Gasteiger partial charge in [0.25, 0.3) is 0 Å². The number of piperazine rings is 1. The van der Waals surface area contributed by atoms with Crippen LogP contribution in [0.2, 0.25) is 0 Å². The summed E-state index contributed by atoms with van der Waals surface area (Å²) in [7, 11) is 0. The highest BCUT2D eigenvalue weighted by Crippen LogP contribution is 2.17. The lowest BCUT2D eigenvalue weighted by molar-refractivity contribution is -0.131. The lowest BCUT2D eigenvalue weighted by Crippen LogP contribution is -2.51. The van der Waals surface area contributed by atoms with E-state index in [1.54, 1.807) is 6.20 Å². The molecular weight excluding hydrogens is 389 g/mol. The van der Waals surface area contributed by atoms with Gasteiger partial charge in [0.15, 0.2) is 0 Å². The Bertz CT molecular complexity index is 587. The summed E-state index contributed by atoms with van der Waals surface area (Å²) in [6.07, 6.45) is 2.07. The summed E-state index contributed by atoms with van der Waals surface area (Å²) in [6.45, 7) is 8.96. The van der Waals surface area contributed by atoms with Crippen LogP contribution in [0.25, 0.3) is 0 Å². The lowest BCUT2D eigenvalue weighted by Gasteiger charge is -2.35. The van der Waals surface area contributed by atoms with Crippen molar-refractivity contribution in [1.82, 2.24) is 15.2 Å². The van der Waals surface area contributed by atoms with E-state index in [0.29, 0.717) is 26.1 Å². The first-order chi connectivity index (χ1) is 11.8.